The number of hydrogen-bond donors (Lipinski definition) is 0. The lowest BCUT2D eigenvalue weighted by Gasteiger charge is -2.17. The van der Waals surface area contributed by atoms with Crippen molar-refractivity contribution in [2.45, 2.75) is 0 Å². The van der Waals surface area contributed by atoms with Crippen LogP contribution in [0.15, 0.2) is 22.7 Å². The summed E-state index contributed by atoms with van der Waals surface area (Å²) in [6, 6.07) is 4.52. The summed E-state index contributed by atoms with van der Waals surface area (Å²) in [6.07, 6.45) is 0. The van der Waals surface area contributed by atoms with Crippen molar-refractivity contribution in [1.82, 2.24) is 0 Å². The van der Waals surface area contributed by atoms with Gasteiger partial charge in [-0.15, -0.1) is 0 Å². The van der Waals surface area contributed by atoms with E-state index in [-0.39, 0.29) is 15.3 Å². The first-order chi connectivity index (χ1) is 8.83. The lowest BCUT2D eigenvalue weighted by atomic mass is 10.2. The van der Waals surface area contributed by atoms with E-state index < -0.39 is 7.82 Å². The first-order valence-corrected chi connectivity index (χ1v) is 7.72. The highest BCUT2D eigenvalue weighted by Crippen LogP contribution is 2.53. The molecule has 0 unspecified atom stereocenters. The zero-order valence-corrected chi connectivity index (χ0v) is 13.7. The molecule has 0 N–H and O–H groups in total. The van der Waals surface area contributed by atoms with Crippen LogP contribution >= 0.6 is 54.2 Å². The van der Waals surface area contributed by atoms with Crippen LogP contribution in [-0.4, -0.2) is 14.2 Å². The van der Waals surface area contributed by atoms with Gasteiger partial charge in [0.2, 0.25) is 0 Å². The molecule has 0 aliphatic rings. The first-order valence-electron chi connectivity index (χ1n) is 4.74. The fourth-order valence-corrected chi connectivity index (χ4v) is 2.71. The molecule has 4 nitrogen and oxygen atoms in total. The van der Waals surface area contributed by atoms with E-state index in [4.69, 9.17) is 50.9 Å². The van der Waals surface area contributed by atoms with E-state index in [1.807, 2.05) is 0 Å². The normalized spacial score (nSPS) is 11.3. The maximum absolute atomic E-state index is 11.9. The first kappa shape index (κ1) is 17.1. The topological polar surface area (TPSA) is 44.8 Å². The molecule has 1 rings (SSSR count). The number of phosphoric ester groups is 1. The molecule has 0 amide bonds. The summed E-state index contributed by atoms with van der Waals surface area (Å²) < 4.78 is 26.0. The summed E-state index contributed by atoms with van der Waals surface area (Å²) in [5.74, 6) is -0.128. The van der Waals surface area contributed by atoms with Gasteiger partial charge >= 0.3 is 7.82 Å². The fraction of sp³-hybridized carbons (Fsp3) is 0.200. The van der Waals surface area contributed by atoms with E-state index in [0.29, 0.717) is 10.6 Å². The molecule has 0 heterocycles. The molecular weight excluding hydrogens is 357 g/mol. The summed E-state index contributed by atoms with van der Waals surface area (Å²) in [7, 11) is -1.49. The SMILES string of the molecule is COP(=O)(OC)OC(=C(Cl)Cl)c1ccc(Cl)cc1Cl. The monoisotopic (exact) mass is 364 g/mol. The second-order valence-electron chi connectivity index (χ2n) is 3.12. The van der Waals surface area contributed by atoms with Gasteiger partial charge in [0.05, 0.1) is 5.02 Å². The number of hydrogen-bond acceptors (Lipinski definition) is 4. The van der Waals surface area contributed by atoms with Crippen molar-refractivity contribution in [1.29, 1.82) is 0 Å². The lowest BCUT2D eigenvalue weighted by molar-refractivity contribution is 0.201. The van der Waals surface area contributed by atoms with E-state index in [1.165, 1.54) is 12.1 Å². The highest BCUT2D eigenvalue weighted by Gasteiger charge is 2.28. The smallest absolute Gasteiger partial charge is 0.401 e. The Bertz CT molecular complexity index is 534. The highest BCUT2D eigenvalue weighted by atomic mass is 35.5. The molecule has 0 aliphatic heterocycles. The molecule has 1 aromatic carbocycles. The molecule has 0 saturated heterocycles. The van der Waals surface area contributed by atoms with Gasteiger partial charge in [-0.3, -0.25) is 9.05 Å². The minimum atomic E-state index is -3.81. The predicted octanol–water partition coefficient (Wildman–Crippen LogP) is 5.51. The van der Waals surface area contributed by atoms with Gasteiger partial charge in [0.15, 0.2) is 5.76 Å². The average Bonchev–Trinajstić information content (AvgIpc) is 2.36. The van der Waals surface area contributed by atoms with E-state index in [0.717, 1.165) is 14.2 Å². The average molecular weight is 366 g/mol. The predicted molar refractivity (Wildman–Crippen MR) is 77.8 cm³/mol. The van der Waals surface area contributed by atoms with E-state index in [9.17, 15) is 4.57 Å². The maximum atomic E-state index is 11.9. The minimum absolute atomic E-state index is 0.128. The Labute approximate surface area is 130 Å². The van der Waals surface area contributed by atoms with Gasteiger partial charge in [0, 0.05) is 24.8 Å². The molecule has 0 aliphatic carbocycles. The van der Waals surface area contributed by atoms with Crippen molar-refractivity contribution in [3.8, 4) is 0 Å². The Morgan fingerprint density at radius 3 is 2.16 bits per heavy atom. The summed E-state index contributed by atoms with van der Waals surface area (Å²) in [4.78, 5) is 0. The molecule has 106 valence electrons. The van der Waals surface area contributed by atoms with Gasteiger partial charge in [-0.2, -0.15) is 0 Å². The number of rotatable bonds is 5. The molecule has 9 heteroatoms. The number of phosphoric acid groups is 1. The van der Waals surface area contributed by atoms with Crippen molar-refractivity contribution >= 4 is 60.0 Å². The summed E-state index contributed by atoms with van der Waals surface area (Å²) in [6.45, 7) is 0. The van der Waals surface area contributed by atoms with Crippen molar-refractivity contribution < 1.29 is 18.1 Å². The van der Waals surface area contributed by atoms with Gasteiger partial charge in [0.25, 0.3) is 0 Å². The van der Waals surface area contributed by atoms with Crippen LogP contribution in [0.25, 0.3) is 5.76 Å². The van der Waals surface area contributed by atoms with Crippen LogP contribution in [0.4, 0.5) is 0 Å². The van der Waals surface area contributed by atoms with Crippen LogP contribution < -0.4 is 0 Å². The molecular formula is C10H9Cl4O4P. The molecule has 0 fully saturated rings. The van der Waals surface area contributed by atoms with Crippen LogP contribution in [0.1, 0.15) is 5.56 Å². The quantitative estimate of drug-likeness (QED) is 0.509. The molecule has 0 saturated carbocycles. The summed E-state index contributed by atoms with van der Waals surface area (Å²) in [5, 5.41) is 0.639. The largest absolute Gasteiger partial charge is 0.529 e. The Morgan fingerprint density at radius 1 is 1.16 bits per heavy atom. The maximum Gasteiger partial charge on any atom is 0.529 e. The Hall–Kier alpha value is 0.0700. The molecule has 0 aromatic heterocycles. The van der Waals surface area contributed by atoms with Gasteiger partial charge in [0.1, 0.15) is 4.49 Å². The Morgan fingerprint density at radius 2 is 1.74 bits per heavy atom. The molecule has 0 atom stereocenters. The van der Waals surface area contributed by atoms with Gasteiger partial charge < -0.3 is 4.52 Å². The van der Waals surface area contributed by atoms with Crippen molar-refractivity contribution in [2.24, 2.45) is 0 Å². The zero-order valence-electron chi connectivity index (χ0n) is 9.82. The van der Waals surface area contributed by atoms with Crippen molar-refractivity contribution in [2.75, 3.05) is 14.2 Å². The molecule has 0 spiro atoms. The Balaban J connectivity index is 3.24. The van der Waals surface area contributed by atoms with E-state index in [1.54, 1.807) is 6.07 Å². The molecule has 1 aromatic rings. The molecule has 0 bridgehead atoms. The fourth-order valence-electron chi connectivity index (χ4n) is 1.12. The van der Waals surface area contributed by atoms with Crippen LogP contribution in [0.2, 0.25) is 10.0 Å². The van der Waals surface area contributed by atoms with Crippen molar-refractivity contribution in [3.63, 3.8) is 0 Å². The summed E-state index contributed by atoms with van der Waals surface area (Å²) >= 11 is 23.2. The van der Waals surface area contributed by atoms with Crippen LogP contribution in [0, 0.1) is 0 Å². The standard InChI is InChI=1S/C10H9Cl4O4P/c1-16-19(15,17-2)18-9(10(13)14)7-4-3-6(11)5-8(7)12/h3-5H,1-2H3. The van der Waals surface area contributed by atoms with E-state index >= 15 is 0 Å². The molecule has 0 radical (unpaired) electrons. The highest BCUT2D eigenvalue weighted by molar-refractivity contribution is 7.48. The van der Waals surface area contributed by atoms with E-state index in [2.05, 4.69) is 9.05 Å². The number of halogens is 4. The van der Waals surface area contributed by atoms with Crippen molar-refractivity contribution in [3.05, 3.63) is 38.3 Å². The minimum Gasteiger partial charge on any atom is -0.401 e. The third kappa shape index (κ3) is 4.54. The van der Waals surface area contributed by atoms with Crippen LogP contribution in [0.5, 0.6) is 0 Å². The molecule has 19 heavy (non-hydrogen) atoms. The zero-order chi connectivity index (χ0) is 14.6. The van der Waals surface area contributed by atoms with Gasteiger partial charge in [-0.1, -0.05) is 46.4 Å². The third-order valence-electron chi connectivity index (χ3n) is 2.00. The number of benzene rings is 1. The lowest BCUT2D eigenvalue weighted by Crippen LogP contribution is -1.97. The van der Waals surface area contributed by atoms with Crippen LogP contribution in [-0.2, 0) is 18.1 Å². The van der Waals surface area contributed by atoms with Crippen LogP contribution in [0.3, 0.4) is 0 Å². The van der Waals surface area contributed by atoms with Gasteiger partial charge in [-0.05, 0) is 18.2 Å². The second kappa shape index (κ2) is 7.19. The second-order valence-corrected chi connectivity index (χ2v) is 6.72. The van der Waals surface area contributed by atoms with Gasteiger partial charge in [-0.25, -0.2) is 4.57 Å². The Kier molecular flexibility index (Phi) is 6.48. The summed E-state index contributed by atoms with van der Waals surface area (Å²) in [5.41, 5.74) is 0.306. The third-order valence-corrected chi connectivity index (χ3v) is 4.19.